The van der Waals surface area contributed by atoms with E-state index in [9.17, 15) is 4.79 Å². The quantitative estimate of drug-likeness (QED) is 0.654. The average molecular weight is 391 g/mol. The summed E-state index contributed by atoms with van der Waals surface area (Å²) in [7, 11) is 1.49. The minimum absolute atomic E-state index is 0.360. The lowest BCUT2D eigenvalue weighted by molar-refractivity contribution is -0.111. The summed E-state index contributed by atoms with van der Waals surface area (Å²) in [5, 5.41) is 4.33. The molecule has 120 valence electrons. The van der Waals surface area contributed by atoms with Gasteiger partial charge in [-0.15, -0.1) is 0 Å². The first-order chi connectivity index (χ1) is 10.9. The molecule has 0 radical (unpaired) electrons. The molecule has 0 saturated carbocycles. The number of carbonyl (C=O) groups is 1. The number of halogens is 4. The molecule has 0 aliphatic carbocycles. The maximum atomic E-state index is 12.0. The van der Waals surface area contributed by atoms with E-state index in [0.717, 1.165) is 0 Å². The molecule has 0 heterocycles. The van der Waals surface area contributed by atoms with Gasteiger partial charge in [-0.2, -0.15) is 0 Å². The van der Waals surface area contributed by atoms with Crippen molar-refractivity contribution in [3.63, 3.8) is 0 Å². The summed E-state index contributed by atoms with van der Waals surface area (Å²) in [5.41, 5.74) is 1.08. The van der Waals surface area contributed by atoms with E-state index >= 15 is 0 Å². The Labute approximate surface area is 153 Å². The van der Waals surface area contributed by atoms with Gasteiger partial charge in [-0.25, -0.2) is 0 Å². The van der Waals surface area contributed by atoms with Gasteiger partial charge in [-0.3, -0.25) is 4.79 Å². The molecule has 2 rings (SSSR count). The second-order valence-corrected chi connectivity index (χ2v) is 6.21. The first-order valence-corrected chi connectivity index (χ1v) is 7.88. The Morgan fingerprint density at radius 2 is 1.61 bits per heavy atom. The molecule has 0 aliphatic rings. The molecule has 2 aromatic rings. The second kappa shape index (κ2) is 7.93. The normalized spacial score (nSPS) is 10.8. The third-order valence-corrected chi connectivity index (χ3v) is 3.72. The fraction of sp³-hybridized carbons (Fsp3) is 0.0625. The summed E-state index contributed by atoms with van der Waals surface area (Å²) >= 11 is 23.8. The summed E-state index contributed by atoms with van der Waals surface area (Å²) in [6.07, 6.45) is 2.89. The minimum Gasteiger partial charge on any atom is -0.495 e. The molecular formula is C16H11Cl4NO2. The Morgan fingerprint density at radius 1 is 1.00 bits per heavy atom. The van der Waals surface area contributed by atoms with Crippen molar-refractivity contribution in [2.45, 2.75) is 0 Å². The van der Waals surface area contributed by atoms with Crippen molar-refractivity contribution in [3.05, 3.63) is 62.1 Å². The van der Waals surface area contributed by atoms with Crippen LogP contribution in [0.2, 0.25) is 20.1 Å². The van der Waals surface area contributed by atoms with E-state index in [0.29, 0.717) is 37.1 Å². The van der Waals surface area contributed by atoms with Crippen molar-refractivity contribution in [2.24, 2.45) is 0 Å². The van der Waals surface area contributed by atoms with Gasteiger partial charge in [0.25, 0.3) is 0 Å². The first-order valence-electron chi connectivity index (χ1n) is 6.37. The largest absolute Gasteiger partial charge is 0.495 e. The zero-order valence-electron chi connectivity index (χ0n) is 11.9. The number of rotatable bonds is 4. The molecule has 0 aromatic heterocycles. The van der Waals surface area contributed by atoms with Gasteiger partial charge >= 0.3 is 0 Å². The van der Waals surface area contributed by atoms with Gasteiger partial charge in [0.15, 0.2) is 0 Å². The summed E-state index contributed by atoms with van der Waals surface area (Å²) in [4.78, 5) is 12.0. The van der Waals surface area contributed by atoms with Crippen LogP contribution in [-0.2, 0) is 4.79 Å². The van der Waals surface area contributed by atoms with Crippen molar-refractivity contribution in [1.29, 1.82) is 0 Å². The number of benzene rings is 2. The molecule has 1 N–H and O–H groups in total. The highest BCUT2D eigenvalue weighted by molar-refractivity contribution is 6.36. The van der Waals surface area contributed by atoms with E-state index in [2.05, 4.69) is 5.32 Å². The molecule has 7 heteroatoms. The van der Waals surface area contributed by atoms with Crippen LogP contribution in [0.3, 0.4) is 0 Å². The van der Waals surface area contributed by atoms with Gasteiger partial charge < -0.3 is 10.1 Å². The van der Waals surface area contributed by atoms with Crippen LogP contribution in [0.25, 0.3) is 6.08 Å². The molecule has 3 nitrogen and oxygen atoms in total. The summed E-state index contributed by atoms with van der Waals surface area (Å²) in [6.45, 7) is 0. The minimum atomic E-state index is -0.360. The SMILES string of the molecule is COc1c(Cl)cc(Cl)cc1/C=C/C(=O)Nc1cc(Cl)cc(Cl)c1. The fourth-order valence-electron chi connectivity index (χ4n) is 1.89. The molecule has 0 fully saturated rings. The van der Waals surface area contributed by atoms with Crippen molar-refractivity contribution < 1.29 is 9.53 Å². The van der Waals surface area contributed by atoms with Crippen LogP contribution in [0.4, 0.5) is 5.69 Å². The van der Waals surface area contributed by atoms with Crippen molar-refractivity contribution in [2.75, 3.05) is 12.4 Å². The van der Waals surface area contributed by atoms with Crippen LogP contribution >= 0.6 is 46.4 Å². The molecular weight excluding hydrogens is 380 g/mol. The van der Waals surface area contributed by atoms with Crippen molar-refractivity contribution in [3.8, 4) is 5.75 Å². The topological polar surface area (TPSA) is 38.3 Å². The number of carbonyl (C=O) groups excluding carboxylic acids is 1. The van der Waals surface area contributed by atoms with Crippen LogP contribution in [0, 0.1) is 0 Å². The highest BCUT2D eigenvalue weighted by Crippen LogP contribution is 2.33. The average Bonchev–Trinajstić information content (AvgIpc) is 2.43. The standard InChI is InChI=1S/C16H11Cl4NO2/c1-23-16-9(4-10(17)8-14(16)20)2-3-15(22)21-13-6-11(18)5-12(19)7-13/h2-8H,1H3,(H,21,22)/b3-2+. The number of amides is 1. The van der Waals surface area contributed by atoms with E-state index < -0.39 is 0 Å². The number of ether oxygens (including phenoxy) is 1. The number of hydrogen-bond acceptors (Lipinski definition) is 2. The second-order valence-electron chi connectivity index (χ2n) is 4.49. The molecule has 23 heavy (non-hydrogen) atoms. The summed E-state index contributed by atoms with van der Waals surface area (Å²) < 4.78 is 5.20. The molecule has 0 spiro atoms. The first kappa shape index (κ1) is 18.0. The Bertz CT molecular complexity index is 755. The van der Waals surface area contributed by atoms with Gasteiger partial charge in [0.1, 0.15) is 5.75 Å². The van der Waals surface area contributed by atoms with Crippen LogP contribution in [-0.4, -0.2) is 13.0 Å². The summed E-state index contributed by atoms with van der Waals surface area (Å²) in [5.74, 6) is 0.0763. The molecule has 1 amide bonds. The zero-order valence-corrected chi connectivity index (χ0v) is 14.9. The zero-order chi connectivity index (χ0) is 17.0. The van der Waals surface area contributed by atoms with E-state index in [1.807, 2.05) is 0 Å². The lowest BCUT2D eigenvalue weighted by Crippen LogP contribution is -2.07. The fourth-order valence-corrected chi connectivity index (χ4v) is 3.01. The maximum Gasteiger partial charge on any atom is 0.248 e. The van der Waals surface area contributed by atoms with Crippen LogP contribution < -0.4 is 10.1 Å². The monoisotopic (exact) mass is 389 g/mol. The lowest BCUT2D eigenvalue weighted by atomic mass is 10.2. The number of hydrogen-bond donors (Lipinski definition) is 1. The van der Waals surface area contributed by atoms with Crippen LogP contribution in [0.1, 0.15) is 5.56 Å². The van der Waals surface area contributed by atoms with Gasteiger partial charge in [0.05, 0.1) is 12.1 Å². The maximum absolute atomic E-state index is 12.0. The predicted molar refractivity (Wildman–Crippen MR) is 97.1 cm³/mol. The highest BCUT2D eigenvalue weighted by Gasteiger charge is 2.08. The molecule has 0 atom stereocenters. The number of anilines is 1. The third kappa shape index (κ3) is 5.05. The predicted octanol–water partition coefficient (Wildman–Crippen LogP) is 5.96. The molecule has 0 bridgehead atoms. The van der Waals surface area contributed by atoms with Crippen LogP contribution in [0.15, 0.2) is 36.4 Å². The van der Waals surface area contributed by atoms with E-state index in [1.54, 1.807) is 36.4 Å². The van der Waals surface area contributed by atoms with Crippen LogP contribution in [0.5, 0.6) is 5.75 Å². The smallest absolute Gasteiger partial charge is 0.248 e. The van der Waals surface area contributed by atoms with Gasteiger partial charge in [0.2, 0.25) is 5.91 Å². The van der Waals surface area contributed by atoms with Gasteiger partial charge in [-0.05, 0) is 36.4 Å². The molecule has 0 saturated heterocycles. The summed E-state index contributed by atoms with van der Waals surface area (Å²) in [6, 6.07) is 7.97. The lowest BCUT2D eigenvalue weighted by Gasteiger charge is -2.08. The van der Waals surface area contributed by atoms with E-state index in [1.165, 1.54) is 13.2 Å². The Balaban J connectivity index is 2.18. The van der Waals surface area contributed by atoms with E-state index in [-0.39, 0.29) is 5.91 Å². The number of nitrogens with one attached hydrogen (secondary N) is 1. The third-order valence-electron chi connectivity index (χ3n) is 2.79. The Hall–Kier alpha value is -1.39. The molecule has 2 aromatic carbocycles. The molecule has 0 unspecified atom stereocenters. The van der Waals surface area contributed by atoms with Crippen molar-refractivity contribution in [1.82, 2.24) is 0 Å². The molecule has 0 aliphatic heterocycles. The van der Waals surface area contributed by atoms with Crippen molar-refractivity contribution >= 4 is 64.1 Å². The van der Waals surface area contributed by atoms with E-state index in [4.69, 9.17) is 51.1 Å². The number of methoxy groups -OCH3 is 1. The van der Waals surface area contributed by atoms with Gasteiger partial charge in [0, 0.05) is 32.4 Å². The Kier molecular flexibility index (Phi) is 6.19. The van der Waals surface area contributed by atoms with Gasteiger partial charge in [-0.1, -0.05) is 46.4 Å². The Morgan fingerprint density at radius 3 is 2.22 bits per heavy atom. The highest BCUT2D eigenvalue weighted by atomic mass is 35.5.